The highest BCUT2D eigenvalue weighted by atomic mass is 32.1. The summed E-state index contributed by atoms with van der Waals surface area (Å²) in [4.78, 5) is 29.0. The van der Waals surface area contributed by atoms with Gasteiger partial charge in [0.1, 0.15) is 6.07 Å². The molecule has 1 aliphatic rings. The Balaban J connectivity index is 1.66. The SMILES string of the molecule is COC(=O)c1cccc(CN2CCN(C(=O)c3cccs3)CC2)c1C#N. The van der Waals surface area contributed by atoms with E-state index in [4.69, 9.17) is 4.74 Å². The quantitative estimate of drug-likeness (QED) is 0.774. The van der Waals surface area contributed by atoms with Crippen LogP contribution >= 0.6 is 11.3 Å². The van der Waals surface area contributed by atoms with Gasteiger partial charge in [-0.15, -0.1) is 11.3 Å². The van der Waals surface area contributed by atoms with E-state index in [1.54, 1.807) is 12.1 Å². The molecule has 1 aliphatic heterocycles. The van der Waals surface area contributed by atoms with Crippen LogP contribution in [0.15, 0.2) is 35.7 Å². The fourth-order valence-corrected chi connectivity index (χ4v) is 3.74. The standard InChI is InChI=1S/C19H19N3O3S/c1-25-19(24)15-5-2-4-14(16(15)12-20)13-21-7-9-22(10-8-21)18(23)17-6-3-11-26-17/h2-6,11H,7-10,13H2,1H3. The third-order valence-corrected chi connectivity index (χ3v) is 5.31. The normalized spacial score (nSPS) is 14.7. The summed E-state index contributed by atoms with van der Waals surface area (Å²) in [5.41, 5.74) is 1.45. The summed E-state index contributed by atoms with van der Waals surface area (Å²) in [6, 6.07) is 11.1. The van der Waals surface area contributed by atoms with E-state index in [-0.39, 0.29) is 5.91 Å². The van der Waals surface area contributed by atoms with Crippen LogP contribution in [0.5, 0.6) is 0 Å². The van der Waals surface area contributed by atoms with Gasteiger partial charge in [-0.05, 0) is 23.1 Å². The maximum Gasteiger partial charge on any atom is 0.339 e. The smallest absolute Gasteiger partial charge is 0.339 e. The number of amides is 1. The van der Waals surface area contributed by atoms with Crippen LogP contribution in [0.4, 0.5) is 0 Å². The molecule has 0 atom stereocenters. The molecule has 1 aromatic heterocycles. The average molecular weight is 369 g/mol. The lowest BCUT2D eigenvalue weighted by molar-refractivity contribution is 0.0596. The largest absolute Gasteiger partial charge is 0.465 e. The van der Waals surface area contributed by atoms with E-state index in [1.165, 1.54) is 18.4 Å². The van der Waals surface area contributed by atoms with E-state index in [1.807, 2.05) is 28.5 Å². The van der Waals surface area contributed by atoms with Crippen LogP contribution in [0, 0.1) is 11.3 Å². The first-order valence-electron chi connectivity index (χ1n) is 8.29. The molecule has 0 radical (unpaired) electrons. The number of methoxy groups -OCH3 is 1. The zero-order chi connectivity index (χ0) is 18.5. The van der Waals surface area contributed by atoms with Gasteiger partial charge in [-0.1, -0.05) is 18.2 Å². The summed E-state index contributed by atoms with van der Waals surface area (Å²) in [5, 5.41) is 11.4. The summed E-state index contributed by atoms with van der Waals surface area (Å²) < 4.78 is 4.75. The summed E-state index contributed by atoms with van der Waals surface area (Å²) in [5.74, 6) is -0.431. The molecule has 1 aromatic carbocycles. The second-order valence-electron chi connectivity index (χ2n) is 5.99. The van der Waals surface area contributed by atoms with Gasteiger partial charge in [0, 0.05) is 32.7 Å². The van der Waals surface area contributed by atoms with Gasteiger partial charge in [0.2, 0.25) is 0 Å². The molecule has 26 heavy (non-hydrogen) atoms. The second-order valence-corrected chi connectivity index (χ2v) is 6.94. The molecule has 0 spiro atoms. The maximum absolute atomic E-state index is 12.4. The lowest BCUT2D eigenvalue weighted by atomic mass is 10.0. The van der Waals surface area contributed by atoms with Crippen molar-refractivity contribution in [1.82, 2.24) is 9.80 Å². The molecule has 2 heterocycles. The van der Waals surface area contributed by atoms with Crippen molar-refractivity contribution in [2.24, 2.45) is 0 Å². The van der Waals surface area contributed by atoms with Crippen molar-refractivity contribution >= 4 is 23.2 Å². The van der Waals surface area contributed by atoms with Crippen LogP contribution in [-0.4, -0.2) is 55.0 Å². The van der Waals surface area contributed by atoms with Crippen LogP contribution in [0.1, 0.15) is 31.2 Å². The van der Waals surface area contributed by atoms with Gasteiger partial charge in [0.25, 0.3) is 5.91 Å². The predicted molar refractivity (Wildman–Crippen MR) is 98.0 cm³/mol. The van der Waals surface area contributed by atoms with E-state index in [2.05, 4.69) is 11.0 Å². The van der Waals surface area contributed by atoms with Gasteiger partial charge in [0.05, 0.1) is 23.1 Å². The number of hydrogen-bond acceptors (Lipinski definition) is 6. The minimum absolute atomic E-state index is 0.0741. The molecule has 0 aliphatic carbocycles. The lowest BCUT2D eigenvalue weighted by Crippen LogP contribution is -2.48. The van der Waals surface area contributed by atoms with Crippen LogP contribution in [0.25, 0.3) is 0 Å². The summed E-state index contributed by atoms with van der Waals surface area (Å²) in [6.07, 6.45) is 0. The van der Waals surface area contributed by atoms with Gasteiger partial charge in [0.15, 0.2) is 0 Å². The molecule has 0 N–H and O–H groups in total. The molecule has 1 saturated heterocycles. The molecular weight excluding hydrogens is 350 g/mol. The Kier molecular flexibility index (Phi) is 5.66. The molecule has 0 bridgehead atoms. The molecule has 134 valence electrons. The first-order chi connectivity index (χ1) is 12.6. The average Bonchev–Trinajstić information content (AvgIpc) is 3.22. The minimum atomic E-state index is -0.505. The molecule has 1 fully saturated rings. The number of ether oxygens (including phenoxy) is 1. The van der Waals surface area contributed by atoms with Gasteiger partial charge in [-0.3, -0.25) is 9.69 Å². The predicted octanol–water partition coefficient (Wildman–Crippen LogP) is 2.36. The van der Waals surface area contributed by atoms with Crippen LogP contribution < -0.4 is 0 Å². The van der Waals surface area contributed by atoms with Crippen LogP contribution in [0.3, 0.4) is 0 Å². The van der Waals surface area contributed by atoms with Crippen molar-refractivity contribution in [3.05, 3.63) is 57.3 Å². The van der Waals surface area contributed by atoms with Gasteiger partial charge in [-0.25, -0.2) is 4.79 Å². The first-order valence-corrected chi connectivity index (χ1v) is 9.17. The van der Waals surface area contributed by atoms with E-state index in [0.29, 0.717) is 30.8 Å². The first kappa shape index (κ1) is 18.1. The Labute approximate surface area is 156 Å². The van der Waals surface area contributed by atoms with E-state index < -0.39 is 5.97 Å². The number of benzene rings is 1. The highest BCUT2D eigenvalue weighted by molar-refractivity contribution is 7.12. The highest BCUT2D eigenvalue weighted by Gasteiger charge is 2.24. The third kappa shape index (κ3) is 3.77. The number of carbonyl (C=O) groups excluding carboxylic acids is 2. The van der Waals surface area contributed by atoms with Crippen molar-refractivity contribution in [1.29, 1.82) is 5.26 Å². The van der Waals surface area contributed by atoms with Crippen molar-refractivity contribution < 1.29 is 14.3 Å². The third-order valence-electron chi connectivity index (χ3n) is 4.45. The van der Waals surface area contributed by atoms with E-state index in [0.717, 1.165) is 23.5 Å². The van der Waals surface area contributed by atoms with Crippen LogP contribution in [0.2, 0.25) is 0 Å². The maximum atomic E-state index is 12.4. The molecule has 0 unspecified atom stereocenters. The summed E-state index contributed by atoms with van der Waals surface area (Å²) in [6.45, 7) is 3.31. The monoisotopic (exact) mass is 369 g/mol. The Morgan fingerprint density at radius 3 is 2.58 bits per heavy atom. The molecule has 1 amide bonds. The number of piperazine rings is 1. The van der Waals surface area contributed by atoms with Crippen molar-refractivity contribution in [2.45, 2.75) is 6.54 Å². The molecular formula is C19H19N3O3S. The zero-order valence-corrected chi connectivity index (χ0v) is 15.3. The number of rotatable bonds is 4. The Morgan fingerprint density at radius 2 is 1.96 bits per heavy atom. The lowest BCUT2D eigenvalue weighted by Gasteiger charge is -2.34. The molecule has 7 heteroatoms. The number of carbonyl (C=O) groups is 2. The van der Waals surface area contributed by atoms with Crippen molar-refractivity contribution in [3.63, 3.8) is 0 Å². The number of esters is 1. The molecule has 3 rings (SSSR count). The van der Waals surface area contributed by atoms with E-state index >= 15 is 0 Å². The Morgan fingerprint density at radius 1 is 1.19 bits per heavy atom. The topological polar surface area (TPSA) is 73.6 Å². The fourth-order valence-electron chi connectivity index (χ4n) is 3.05. The second kappa shape index (κ2) is 8.13. The molecule has 0 saturated carbocycles. The Bertz CT molecular complexity index is 834. The van der Waals surface area contributed by atoms with Crippen LogP contribution in [-0.2, 0) is 11.3 Å². The summed E-state index contributed by atoms with van der Waals surface area (Å²) in [7, 11) is 1.31. The van der Waals surface area contributed by atoms with E-state index in [9.17, 15) is 14.9 Å². The zero-order valence-electron chi connectivity index (χ0n) is 14.5. The van der Waals surface area contributed by atoms with Gasteiger partial charge in [-0.2, -0.15) is 5.26 Å². The van der Waals surface area contributed by atoms with Gasteiger partial charge < -0.3 is 9.64 Å². The minimum Gasteiger partial charge on any atom is -0.465 e. The van der Waals surface area contributed by atoms with Gasteiger partial charge >= 0.3 is 5.97 Å². The number of nitrogens with zero attached hydrogens (tertiary/aromatic N) is 3. The number of nitriles is 1. The summed E-state index contributed by atoms with van der Waals surface area (Å²) >= 11 is 1.45. The fraction of sp³-hybridized carbons (Fsp3) is 0.316. The van der Waals surface area contributed by atoms with Crippen molar-refractivity contribution in [3.8, 4) is 6.07 Å². The molecule has 6 nitrogen and oxygen atoms in total. The molecule has 2 aromatic rings. The highest BCUT2D eigenvalue weighted by Crippen LogP contribution is 2.19. The Hall–Kier alpha value is -2.69. The number of thiophene rings is 1. The number of hydrogen-bond donors (Lipinski definition) is 0. The van der Waals surface area contributed by atoms with Crippen molar-refractivity contribution in [2.75, 3.05) is 33.3 Å².